The van der Waals surface area contributed by atoms with Crippen LogP contribution in [0.3, 0.4) is 0 Å². The normalized spacial score (nSPS) is 31.7. The highest BCUT2D eigenvalue weighted by Gasteiger charge is 2.40. The lowest BCUT2D eigenvalue weighted by Crippen LogP contribution is -2.44. The molecule has 2 nitrogen and oxygen atoms in total. The largest absolute Gasteiger partial charge is 0.502 e. The second-order valence-electron chi connectivity index (χ2n) is 4.03. The first-order valence-electron chi connectivity index (χ1n) is 5.30. The predicted molar refractivity (Wildman–Crippen MR) is 60.6 cm³/mol. The van der Waals surface area contributed by atoms with Crippen molar-refractivity contribution in [1.29, 1.82) is 0 Å². The summed E-state index contributed by atoms with van der Waals surface area (Å²) in [7, 11) is -0.525. The van der Waals surface area contributed by atoms with Crippen LogP contribution in [0, 0.1) is 5.41 Å². The van der Waals surface area contributed by atoms with Gasteiger partial charge in [0.1, 0.15) is 0 Å². The lowest BCUT2D eigenvalue weighted by Gasteiger charge is -2.40. The van der Waals surface area contributed by atoms with Crippen LogP contribution >= 0.6 is 0 Å². The second-order valence-corrected chi connectivity index (χ2v) is 5.48. The van der Waals surface area contributed by atoms with Gasteiger partial charge in [0.05, 0.1) is 12.9 Å². The van der Waals surface area contributed by atoms with Gasteiger partial charge in [0, 0.05) is 22.3 Å². The molecule has 0 aromatic heterocycles. The topological polar surface area (TPSA) is 26.3 Å². The van der Waals surface area contributed by atoms with Crippen LogP contribution < -0.4 is 0 Å². The Kier molecular flexibility index (Phi) is 4.66. The Bertz CT molecular complexity index is 215. The average Bonchev–Trinajstić information content (AvgIpc) is 2.14. The minimum atomic E-state index is -0.525. The quantitative estimate of drug-likeness (QED) is 0.503. The molecule has 1 fully saturated rings. The zero-order valence-corrected chi connectivity index (χ0v) is 9.94. The molecule has 0 unspecified atom stereocenters. The van der Waals surface area contributed by atoms with Crippen molar-refractivity contribution < 1.29 is 8.95 Å². The van der Waals surface area contributed by atoms with Crippen LogP contribution in [0.25, 0.3) is 0 Å². The molecule has 1 aliphatic rings. The molecule has 1 rings (SSSR count). The molecule has 14 heavy (non-hydrogen) atoms. The monoisotopic (exact) mass is 216 g/mol. The van der Waals surface area contributed by atoms with Crippen molar-refractivity contribution in [2.24, 2.45) is 5.41 Å². The van der Waals surface area contributed by atoms with Gasteiger partial charge in [-0.3, -0.25) is 4.21 Å². The van der Waals surface area contributed by atoms with E-state index in [0.29, 0.717) is 5.41 Å². The summed E-state index contributed by atoms with van der Waals surface area (Å²) in [6.07, 6.45) is 7.02. The van der Waals surface area contributed by atoms with Crippen LogP contribution in [0.5, 0.6) is 0 Å². The molecule has 3 heteroatoms. The highest BCUT2D eigenvalue weighted by Crippen LogP contribution is 2.38. The van der Waals surface area contributed by atoms with Crippen LogP contribution in [0.15, 0.2) is 12.3 Å². The third-order valence-corrected chi connectivity index (χ3v) is 4.75. The molecule has 1 saturated heterocycles. The van der Waals surface area contributed by atoms with Crippen molar-refractivity contribution in [3.05, 3.63) is 12.3 Å². The molecule has 1 heterocycles. The summed E-state index contributed by atoms with van der Waals surface area (Å²) in [6, 6.07) is 0. The summed E-state index contributed by atoms with van der Waals surface area (Å²) in [5.41, 5.74) is 0.379. The van der Waals surface area contributed by atoms with E-state index in [1.165, 1.54) is 0 Å². The zero-order valence-electron chi connectivity index (χ0n) is 9.12. The van der Waals surface area contributed by atoms with Gasteiger partial charge in [-0.25, -0.2) is 0 Å². The molecule has 0 aliphatic carbocycles. The third kappa shape index (κ3) is 3.12. The molecule has 0 spiro atoms. The van der Waals surface area contributed by atoms with Gasteiger partial charge in [-0.1, -0.05) is 13.0 Å². The van der Waals surface area contributed by atoms with Crippen LogP contribution in [0.2, 0.25) is 0 Å². The number of hydrogen-bond acceptors (Lipinski definition) is 2. The maximum atomic E-state index is 11.1. The van der Waals surface area contributed by atoms with Crippen LogP contribution in [-0.4, -0.2) is 22.3 Å². The number of rotatable bonds is 6. The summed E-state index contributed by atoms with van der Waals surface area (Å²) < 4.78 is 16.3. The van der Waals surface area contributed by atoms with Crippen molar-refractivity contribution >= 4 is 10.8 Å². The molecule has 0 aromatic carbocycles. The molecule has 1 aliphatic heterocycles. The van der Waals surface area contributed by atoms with Gasteiger partial charge in [0.25, 0.3) is 0 Å². The fourth-order valence-corrected chi connectivity index (χ4v) is 3.84. The molecule has 0 N–H and O–H groups in total. The summed E-state index contributed by atoms with van der Waals surface area (Å²) in [5.74, 6) is 1.82. The van der Waals surface area contributed by atoms with Gasteiger partial charge in [-0.15, -0.1) is 0 Å². The maximum absolute atomic E-state index is 11.1. The Morgan fingerprint density at radius 2 is 2.21 bits per heavy atom. The van der Waals surface area contributed by atoms with E-state index < -0.39 is 10.8 Å². The Labute approximate surface area is 89.2 Å². The van der Waals surface area contributed by atoms with Gasteiger partial charge >= 0.3 is 0 Å². The molecule has 0 saturated carbocycles. The van der Waals surface area contributed by atoms with Crippen molar-refractivity contribution in [2.45, 2.75) is 33.1 Å². The Morgan fingerprint density at radius 1 is 1.50 bits per heavy atom. The predicted octanol–water partition coefficient (Wildman–Crippen LogP) is 2.48. The van der Waals surface area contributed by atoms with Gasteiger partial charge in [0.15, 0.2) is 0 Å². The summed E-state index contributed by atoms with van der Waals surface area (Å²) in [5, 5.41) is 0. The molecule has 0 aromatic rings. The maximum Gasteiger partial charge on any atom is 0.0873 e. The van der Waals surface area contributed by atoms with E-state index in [1.54, 1.807) is 6.26 Å². The minimum absolute atomic E-state index is 0.379. The SMILES string of the molecule is C/C=C/OCCCC1(CC)CS(=O)C1. The van der Waals surface area contributed by atoms with E-state index in [9.17, 15) is 4.21 Å². The second kappa shape index (κ2) is 5.54. The summed E-state index contributed by atoms with van der Waals surface area (Å²) in [4.78, 5) is 0. The van der Waals surface area contributed by atoms with Gasteiger partial charge in [-0.05, 0) is 31.6 Å². The van der Waals surface area contributed by atoms with E-state index in [4.69, 9.17) is 4.74 Å². The lowest BCUT2D eigenvalue weighted by molar-refractivity contribution is 0.208. The lowest BCUT2D eigenvalue weighted by atomic mass is 9.84. The number of hydrogen-bond donors (Lipinski definition) is 0. The van der Waals surface area contributed by atoms with E-state index in [2.05, 4.69) is 6.92 Å². The molecule has 0 radical (unpaired) electrons. The Balaban J connectivity index is 2.13. The molecule has 82 valence electrons. The molecular weight excluding hydrogens is 196 g/mol. The third-order valence-electron chi connectivity index (χ3n) is 2.89. The molecule has 0 atom stereocenters. The van der Waals surface area contributed by atoms with Crippen molar-refractivity contribution in [1.82, 2.24) is 0 Å². The smallest absolute Gasteiger partial charge is 0.0873 e. The van der Waals surface area contributed by atoms with Crippen molar-refractivity contribution in [3.63, 3.8) is 0 Å². The summed E-state index contributed by atoms with van der Waals surface area (Å²) >= 11 is 0. The van der Waals surface area contributed by atoms with E-state index in [1.807, 2.05) is 13.0 Å². The molecule has 0 amide bonds. The standard InChI is InChI=1S/C11H20O2S/c1-3-7-13-8-5-6-11(4-2)9-14(12)10-11/h3,7H,4-6,8-10H2,1-2H3/b7-3+. The van der Waals surface area contributed by atoms with Crippen LogP contribution in [-0.2, 0) is 15.5 Å². The zero-order chi connectivity index (χ0) is 10.4. The highest BCUT2D eigenvalue weighted by molar-refractivity contribution is 7.86. The Morgan fingerprint density at radius 3 is 2.71 bits per heavy atom. The van der Waals surface area contributed by atoms with Crippen molar-refractivity contribution in [2.75, 3.05) is 18.1 Å². The first-order chi connectivity index (χ1) is 6.72. The highest BCUT2D eigenvalue weighted by atomic mass is 32.2. The van der Waals surface area contributed by atoms with E-state index in [0.717, 1.165) is 37.4 Å². The first-order valence-corrected chi connectivity index (χ1v) is 6.79. The number of ether oxygens (including phenoxy) is 1. The fraction of sp³-hybridized carbons (Fsp3) is 0.818. The van der Waals surface area contributed by atoms with E-state index in [-0.39, 0.29) is 0 Å². The van der Waals surface area contributed by atoms with Gasteiger partial charge < -0.3 is 4.74 Å². The van der Waals surface area contributed by atoms with E-state index >= 15 is 0 Å². The Hall–Kier alpha value is -0.310. The summed E-state index contributed by atoms with van der Waals surface area (Å²) in [6.45, 7) is 4.94. The molecule has 0 bridgehead atoms. The van der Waals surface area contributed by atoms with Crippen molar-refractivity contribution in [3.8, 4) is 0 Å². The molecular formula is C11H20O2S. The number of allylic oxidation sites excluding steroid dienone is 1. The van der Waals surface area contributed by atoms with Gasteiger partial charge in [0.2, 0.25) is 0 Å². The van der Waals surface area contributed by atoms with Crippen LogP contribution in [0.1, 0.15) is 33.1 Å². The first kappa shape index (κ1) is 11.8. The van der Waals surface area contributed by atoms with Gasteiger partial charge in [-0.2, -0.15) is 0 Å². The minimum Gasteiger partial charge on any atom is -0.502 e. The van der Waals surface area contributed by atoms with Crippen LogP contribution in [0.4, 0.5) is 0 Å². The average molecular weight is 216 g/mol. The fourth-order valence-electron chi connectivity index (χ4n) is 1.86.